The van der Waals surface area contributed by atoms with Gasteiger partial charge in [0, 0.05) is 5.69 Å². The number of sulfonamides is 1. The van der Waals surface area contributed by atoms with Crippen LogP contribution in [0.4, 0.5) is 11.4 Å². The van der Waals surface area contributed by atoms with Gasteiger partial charge in [0.1, 0.15) is 5.75 Å². The summed E-state index contributed by atoms with van der Waals surface area (Å²) in [4.78, 5) is 13.0. The highest BCUT2D eigenvalue weighted by atomic mass is 32.2. The third-order valence-corrected chi connectivity index (χ3v) is 7.13. The summed E-state index contributed by atoms with van der Waals surface area (Å²) in [6.45, 7) is 3.80. The second-order valence-electron chi connectivity index (χ2n) is 7.58. The quantitative estimate of drug-likeness (QED) is 0.655. The average molecular weight is 437 g/mol. The number of nitrogens with one attached hydrogen (secondary N) is 1. The van der Waals surface area contributed by atoms with Crippen molar-refractivity contribution in [2.75, 3.05) is 16.2 Å². The lowest BCUT2D eigenvalue weighted by atomic mass is 10.1. The molecule has 0 spiro atoms. The Kier molecular flexibility index (Phi) is 5.69. The highest BCUT2D eigenvalue weighted by molar-refractivity contribution is 7.92. The maximum absolute atomic E-state index is 13.3. The Morgan fingerprint density at radius 3 is 2.48 bits per heavy atom. The molecular formula is C24H24N2O4S. The molecule has 1 N–H and O–H groups in total. The lowest BCUT2D eigenvalue weighted by Crippen LogP contribution is -2.49. The molecule has 0 saturated heterocycles. The third kappa shape index (κ3) is 4.41. The zero-order chi connectivity index (χ0) is 22.0. The lowest BCUT2D eigenvalue weighted by Gasteiger charge is -2.34. The fraction of sp³-hybridized carbons (Fsp3) is 0.208. The van der Waals surface area contributed by atoms with Gasteiger partial charge in [0.05, 0.1) is 18.0 Å². The SMILES string of the molecule is Cc1cccc(NC(=O)[C@@H]2CN(S(=O)(=O)Cc3ccccc3)c3ccccc3O2)c1C. The van der Waals surface area contributed by atoms with Crippen LogP contribution in [-0.2, 0) is 20.6 Å². The fourth-order valence-corrected chi connectivity index (χ4v) is 5.15. The predicted molar refractivity (Wildman–Crippen MR) is 122 cm³/mol. The molecule has 0 aliphatic carbocycles. The first-order valence-corrected chi connectivity index (χ1v) is 11.6. The Labute approximate surface area is 182 Å². The molecule has 1 heterocycles. The van der Waals surface area contributed by atoms with Crippen molar-refractivity contribution in [3.8, 4) is 5.75 Å². The number of hydrogen-bond acceptors (Lipinski definition) is 4. The Morgan fingerprint density at radius 1 is 1.00 bits per heavy atom. The van der Waals surface area contributed by atoms with Crippen LogP contribution in [0.15, 0.2) is 72.8 Å². The summed E-state index contributed by atoms with van der Waals surface area (Å²) in [6, 6.07) is 21.5. The van der Waals surface area contributed by atoms with Gasteiger partial charge < -0.3 is 10.1 Å². The van der Waals surface area contributed by atoms with Gasteiger partial charge in [0.25, 0.3) is 5.91 Å². The molecule has 6 nitrogen and oxygen atoms in total. The van der Waals surface area contributed by atoms with Crippen LogP contribution in [0, 0.1) is 13.8 Å². The standard InChI is InChI=1S/C24H24N2O4S/c1-17-9-8-12-20(18(17)2)25-24(27)23-15-26(21-13-6-7-14-22(21)30-23)31(28,29)16-19-10-4-3-5-11-19/h3-14,23H,15-16H2,1-2H3,(H,25,27)/t23-/m0/s1. The van der Waals surface area contributed by atoms with E-state index in [-0.39, 0.29) is 18.2 Å². The van der Waals surface area contributed by atoms with Gasteiger partial charge in [-0.3, -0.25) is 9.10 Å². The minimum absolute atomic E-state index is 0.0944. The van der Waals surface area contributed by atoms with Gasteiger partial charge in [0.2, 0.25) is 10.0 Å². The molecule has 31 heavy (non-hydrogen) atoms. The average Bonchev–Trinajstić information content (AvgIpc) is 2.76. The summed E-state index contributed by atoms with van der Waals surface area (Å²) in [5, 5.41) is 2.89. The number of fused-ring (bicyclic) bond motifs is 1. The summed E-state index contributed by atoms with van der Waals surface area (Å²) in [5.74, 6) is -0.178. The van der Waals surface area contributed by atoms with Crippen LogP contribution in [0.2, 0.25) is 0 Å². The number of anilines is 2. The van der Waals surface area contributed by atoms with Gasteiger partial charge in [-0.15, -0.1) is 0 Å². The largest absolute Gasteiger partial charge is 0.476 e. The van der Waals surface area contributed by atoms with E-state index in [1.54, 1.807) is 48.5 Å². The number of ether oxygens (including phenoxy) is 1. The number of carbonyl (C=O) groups is 1. The number of rotatable bonds is 5. The van der Waals surface area contributed by atoms with E-state index in [4.69, 9.17) is 4.74 Å². The Bertz CT molecular complexity index is 1210. The number of carbonyl (C=O) groups excluding carboxylic acids is 1. The molecule has 1 amide bonds. The highest BCUT2D eigenvalue weighted by Crippen LogP contribution is 2.36. The minimum Gasteiger partial charge on any atom is -0.476 e. The normalized spacial score (nSPS) is 15.7. The zero-order valence-electron chi connectivity index (χ0n) is 17.4. The van der Waals surface area contributed by atoms with E-state index in [2.05, 4.69) is 5.32 Å². The summed E-state index contributed by atoms with van der Waals surface area (Å²) in [5.41, 5.74) is 3.82. The highest BCUT2D eigenvalue weighted by Gasteiger charge is 2.36. The van der Waals surface area contributed by atoms with E-state index in [1.807, 2.05) is 38.1 Å². The van der Waals surface area contributed by atoms with Gasteiger partial charge >= 0.3 is 0 Å². The van der Waals surface area contributed by atoms with Gasteiger partial charge in [-0.1, -0.05) is 54.6 Å². The molecule has 4 rings (SSSR count). The van der Waals surface area contributed by atoms with Crippen LogP contribution in [-0.4, -0.2) is 27.0 Å². The van der Waals surface area contributed by atoms with Crippen molar-refractivity contribution in [2.24, 2.45) is 0 Å². The Hall–Kier alpha value is -3.32. The Balaban J connectivity index is 1.62. The Morgan fingerprint density at radius 2 is 1.71 bits per heavy atom. The molecule has 1 atom stereocenters. The molecule has 3 aromatic rings. The molecule has 160 valence electrons. The first kappa shape index (κ1) is 20.9. The molecule has 1 aliphatic heterocycles. The van der Waals surface area contributed by atoms with Crippen molar-refractivity contribution >= 4 is 27.3 Å². The van der Waals surface area contributed by atoms with Gasteiger partial charge in [-0.2, -0.15) is 0 Å². The molecular weight excluding hydrogens is 412 g/mol. The molecule has 3 aromatic carbocycles. The number of benzene rings is 3. The molecule has 0 radical (unpaired) electrons. The van der Waals surface area contributed by atoms with Crippen LogP contribution < -0.4 is 14.4 Å². The van der Waals surface area contributed by atoms with Crippen molar-refractivity contribution in [2.45, 2.75) is 25.7 Å². The summed E-state index contributed by atoms with van der Waals surface area (Å²) >= 11 is 0. The van der Waals surface area contributed by atoms with E-state index in [9.17, 15) is 13.2 Å². The molecule has 1 aliphatic rings. The maximum atomic E-state index is 13.3. The van der Waals surface area contributed by atoms with E-state index in [0.717, 1.165) is 11.1 Å². The first-order chi connectivity index (χ1) is 14.8. The van der Waals surface area contributed by atoms with E-state index < -0.39 is 16.1 Å². The summed E-state index contributed by atoms with van der Waals surface area (Å²) in [7, 11) is -3.73. The van der Waals surface area contributed by atoms with Crippen molar-refractivity contribution in [3.05, 3.63) is 89.5 Å². The zero-order valence-corrected chi connectivity index (χ0v) is 18.2. The van der Waals surface area contributed by atoms with Crippen molar-refractivity contribution in [1.82, 2.24) is 0 Å². The number of aryl methyl sites for hydroxylation is 1. The maximum Gasteiger partial charge on any atom is 0.267 e. The monoisotopic (exact) mass is 436 g/mol. The number of nitrogens with zero attached hydrogens (tertiary/aromatic N) is 1. The fourth-order valence-electron chi connectivity index (χ4n) is 3.56. The van der Waals surface area contributed by atoms with Gasteiger partial charge in [-0.05, 0) is 48.7 Å². The van der Waals surface area contributed by atoms with Crippen LogP contribution >= 0.6 is 0 Å². The molecule has 0 fully saturated rings. The van der Waals surface area contributed by atoms with E-state index in [0.29, 0.717) is 22.7 Å². The summed E-state index contributed by atoms with van der Waals surface area (Å²) in [6.07, 6.45) is -0.972. The second kappa shape index (κ2) is 8.43. The van der Waals surface area contributed by atoms with Gasteiger partial charge in [-0.25, -0.2) is 8.42 Å². The molecule has 0 unspecified atom stereocenters. The van der Waals surface area contributed by atoms with Crippen LogP contribution in [0.25, 0.3) is 0 Å². The van der Waals surface area contributed by atoms with Gasteiger partial charge in [0.15, 0.2) is 6.10 Å². The van der Waals surface area contributed by atoms with E-state index in [1.165, 1.54) is 4.31 Å². The van der Waals surface area contributed by atoms with Crippen molar-refractivity contribution in [3.63, 3.8) is 0 Å². The number of amides is 1. The molecule has 0 bridgehead atoms. The van der Waals surface area contributed by atoms with Crippen molar-refractivity contribution < 1.29 is 17.9 Å². The molecule has 7 heteroatoms. The number of para-hydroxylation sites is 2. The van der Waals surface area contributed by atoms with E-state index >= 15 is 0 Å². The van der Waals surface area contributed by atoms with Crippen LogP contribution in [0.3, 0.4) is 0 Å². The smallest absolute Gasteiger partial charge is 0.267 e. The topological polar surface area (TPSA) is 75.7 Å². The third-order valence-electron chi connectivity index (χ3n) is 5.42. The summed E-state index contributed by atoms with van der Waals surface area (Å²) < 4.78 is 33.7. The van der Waals surface area contributed by atoms with Crippen LogP contribution in [0.5, 0.6) is 5.75 Å². The van der Waals surface area contributed by atoms with Crippen molar-refractivity contribution in [1.29, 1.82) is 0 Å². The minimum atomic E-state index is -3.73. The first-order valence-electron chi connectivity index (χ1n) is 10.0. The van der Waals surface area contributed by atoms with Crippen LogP contribution in [0.1, 0.15) is 16.7 Å². The molecule has 0 saturated carbocycles. The molecule has 0 aromatic heterocycles. The second-order valence-corrected chi connectivity index (χ2v) is 9.48. The predicted octanol–water partition coefficient (Wildman–Crippen LogP) is 4.04. The number of hydrogen-bond donors (Lipinski definition) is 1. The lowest BCUT2D eigenvalue weighted by molar-refractivity contribution is -0.122.